The topological polar surface area (TPSA) is 12.4 Å². The number of aliphatic imine (C=N–C) groups is 1. The Hall–Kier alpha value is -1.32. The van der Waals surface area contributed by atoms with Crippen LogP contribution in [-0.4, -0.2) is 17.9 Å². The maximum atomic E-state index is 12.5. The highest BCUT2D eigenvalue weighted by Gasteiger charge is 2.38. The zero-order chi connectivity index (χ0) is 12.2. The van der Waals surface area contributed by atoms with Gasteiger partial charge in [-0.2, -0.15) is 13.2 Å². The SMILES string of the molecule is CC[C@@H](N=C(C)c1ccccc1)C(F)(F)F. The smallest absolute Gasteiger partial charge is 0.277 e. The maximum absolute atomic E-state index is 12.5. The lowest BCUT2D eigenvalue weighted by molar-refractivity contribution is -0.147. The van der Waals surface area contributed by atoms with E-state index in [1.54, 1.807) is 31.2 Å². The minimum absolute atomic E-state index is 0.0341. The van der Waals surface area contributed by atoms with Crippen LogP contribution >= 0.6 is 0 Å². The number of nitrogens with zero attached hydrogens (tertiary/aromatic N) is 1. The monoisotopic (exact) mass is 229 g/mol. The van der Waals surface area contributed by atoms with Gasteiger partial charge in [0.05, 0.1) is 0 Å². The second-order valence-electron chi connectivity index (χ2n) is 3.55. The highest BCUT2D eigenvalue weighted by atomic mass is 19.4. The zero-order valence-corrected chi connectivity index (χ0v) is 9.25. The van der Waals surface area contributed by atoms with Crippen LogP contribution in [0, 0.1) is 0 Å². The van der Waals surface area contributed by atoms with E-state index in [0.29, 0.717) is 5.71 Å². The molecule has 0 bridgehead atoms. The molecule has 0 aromatic heterocycles. The zero-order valence-electron chi connectivity index (χ0n) is 9.25. The fourth-order valence-corrected chi connectivity index (χ4v) is 1.38. The molecule has 0 N–H and O–H groups in total. The molecule has 0 radical (unpaired) electrons. The third kappa shape index (κ3) is 3.36. The third-order valence-corrected chi connectivity index (χ3v) is 2.31. The molecule has 0 heterocycles. The molecule has 4 heteroatoms. The number of hydrogen-bond donors (Lipinski definition) is 0. The van der Waals surface area contributed by atoms with Gasteiger partial charge in [0.25, 0.3) is 0 Å². The van der Waals surface area contributed by atoms with Gasteiger partial charge in [0, 0.05) is 5.71 Å². The summed E-state index contributed by atoms with van der Waals surface area (Å²) >= 11 is 0. The summed E-state index contributed by atoms with van der Waals surface area (Å²) in [5.41, 5.74) is 1.15. The van der Waals surface area contributed by atoms with Crippen molar-refractivity contribution in [3.8, 4) is 0 Å². The van der Waals surface area contributed by atoms with Gasteiger partial charge in [0.2, 0.25) is 0 Å². The van der Waals surface area contributed by atoms with Crippen molar-refractivity contribution in [2.45, 2.75) is 32.5 Å². The summed E-state index contributed by atoms with van der Waals surface area (Å²) in [6.45, 7) is 3.09. The van der Waals surface area contributed by atoms with Crippen molar-refractivity contribution in [3.63, 3.8) is 0 Å². The van der Waals surface area contributed by atoms with Gasteiger partial charge >= 0.3 is 6.18 Å². The van der Waals surface area contributed by atoms with E-state index >= 15 is 0 Å². The Morgan fingerprint density at radius 3 is 2.25 bits per heavy atom. The Morgan fingerprint density at radius 2 is 1.81 bits per heavy atom. The van der Waals surface area contributed by atoms with Crippen molar-refractivity contribution in [1.82, 2.24) is 0 Å². The van der Waals surface area contributed by atoms with Crippen LogP contribution in [0.4, 0.5) is 13.2 Å². The second kappa shape index (κ2) is 5.14. The first-order valence-electron chi connectivity index (χ1n) is 5.11. The van der Waals surface area contributed by atoms with Gasteiger partial charge in [-0.05, 0) is 18.9 Å². The summed E-state index contributed by atoms with van der Waals surface area (Å²) in [4.78, 5) is 3.73. The fourth-order valence-electron chi connectivity index (χ4n) is 1.38. The molecule has 0 fully saturated rings. The highest BCUT2D eigenvalue weighted by Crippen LogP contribution is 2.25. The Balaban J connectivity index is 2.92. The average molecular weight is 229 g/mol. The van der Waals surface area contributed by atoms with Crippen molar-refractivity contribution in [3.05, 3.63) is 35.9 Å². The summed E-state index contributed by atoms with van der Waals surface area (Å²) in [5, 5.41) is 0. The van der Waals surface area contributed by atoms with Gasteiger partial charge in [-0.1, -0.05) is 37.3 Å². The molecule has 16 heavy (non-hydrogen) atoms. The van der Waals surface area contributed by atoms with Crippen LogP contribution in [0.15, 0.2) is 35.3 Å². The van der Waals surface area contributed by atoms with E-state index in [9.17, 15) is 13.2 Å². The third-order valence-electron chi connectivity index (χ3n) is 2.31. The molecule has 0 saturated heterocycles. The summed E-state index contributed by atoms with van der Waals surface area (Å²) in [6, 6.07) is 7.28. The quantitative estimate of drug-likeness (QED) is 0.698. The number of hydrogen-bond acceptors (Lipinski definition) is 1. The van der Waals surface area contributed by atoms with Crippen LogP contribution in [0.5, 0.6) is 0 Å². The first-order valence-corrected chi connectivity index (χ1v) is 5.11. The molecule has 0 aliphatic heterocycles. The van der Waals surface area contributed by atoms with E-state index in [2.05, 4.69) is 4.99 Å². The predicted octanol–water partition coefficient (Wildman–Crippen LogP) is 3.84. The highest BCUT2D eigenvalue weighted by molar-refractivity contribution is 5.98. The van der Waals surface area contributed by atoms with Gasteiger partial charge in [0.1, 0.15) is 6.04 Å². The molecule has 0 aliphatic rings. The Bertz CT molecular complexity index is 354. The standard InChI is InChI=1S/C12H14F3N/c1-3-11(12(13,14)15)16-9(2)10-7-5-4-6-8-10/h4-8,11H,3H2,1-2H3/t11-/m1/s1. The molecule has 1 aromatic rings. The number of rotatable bonds is 3. The number of benzene rings is 1. The average Bonchev–Trinajstić information content (AvgIpc) is 2.25. The molecule has 1 aromatic carbocycles. The van der Waals surface area contributed by atoms with E-state index in [-0.39, 0.29) is 6.42 Å². The van der Waals surface area contributed by atoms with Gasteiger partial charge < -0.3 is 0 Å². The molecule has 1 rings (SSSR count). The molecular formula is C12H14F3N. The van der Waals surface area contributed by atoms with Crippen LogP contribution in [0.3, 0.4) is 0 Å². The first kappa shape index (κ1) is 12.7. The molecule has 1 nitrogen and oxygen atoms in total. The fraction of sp³-hybridized carbons (Fsp3) is 0.417. The molecule has 0 saturated carbocycles. The van der Waals surface area contributed by atoms with E-state index in [1.165, 1.54) is 6.92 Å². The van der Waals surface area contributed by atoms with E-state index in [4.69, 9.17) is 0 Å². The van der Waals surface area contributed by atoms with E-state index in [1.807, 2.05) is 6.07 Å². The molecule has 1 atom stereocenters. The maximum Gasteiger partial charge on any atom is 0.410 e. The first-order chi connectivity index (χ1) is 7.45. The van der Waals surface area contributed by atoms with E-state index < -0.39 is 12.2 Å². The number of alkyl halides is 3. The van der Waals surface area contributed by atoms with Crippen LogP contribution in [-0.2, 0) is 0 Å². The van der Waals surface area contributed by atoms with Gasteiger partial charge in [0.15, 0.2) is 0 Å². The Morgan fingerprint density at radius 1 is 1.25 bits per heavy atom. The summed E-state index contributed by atoms with van der Waals surface area (Å²) in [6.07, 6.45) is -4.29. The van der Waals surface area contributed by atoms with Gasteiger partial charge in [-0.3, -0.25) is 4.99 Å². The molecule has 88 valence electrons. The van der Waals surface area contributed by atoms with Crippen LogP contribution in [0.2, 0.25) is 0 Å². The molecule has 0 aliphatic carbocycles. The lowest BCUT2D eigenvalue weighted by Crippen LogP contribution is -2.27. The molecule has 0 spiro atoms. The van der Waals surface area contributed by atoms with Gasteiger partial charge in [-0.25, -0.2) is 0 Å². The number of halogens is 3. The van der Waals surface area contributed by atoms with Crippen LogP contribution < -0.4 is 0 Å². The lowest BCUT2D eigenvalue weighted by Gasteiger charge is -2.15. The van der Waals surface area contributed by atoms with Crippen molar-refractivity contribution in [2.75, 3.05) is 0 Å². The minimum atomic E-state index is -4.26. The van der Waals surface area contributed by atoms with Gasteiger partial charge in [-0.15, -0.1) is 0 Å². The summed E-state index contributed by atoms with van der Waals surface area (Å²) in [7, 11) is 0. The molecule has 0 amide bonds. The predicted molar refractivity (Wildman–Crippen MR) is 58.8 cm³/mol. The van der Waals surface area contributed by atoms with Crippen molar-refractivity contribution in [2.24, 2.45) is 4.99 Å². The van der Waals surface area contributed by atoms with E-state index in [0.717, 1.165) is 5.56 Å². The minimum Gasteiger partial charge on any atom is -0.277 e. The van der Waals surface area contributed by atoms with Crippen LogP contribution in [0.25, 0.3) is 0 Å². The Kier molecular flexibility index (Phi) is 4.10. The summed E-state index contributed by atoms with van der Waals surface area (Å²) in [5.74, 6) is 0. The van der Waals surface area contributed by atoms with Crippen molar-refractivity contribution in [1.29, 1.82) is 0 Å². The van der Waals surface area contributed by atoms with Crippen molar-refractivity contribution < 1.29 is 13.2 Å². The van der Waals surface area contributed by atoms with Crippen LogP contribution in [0.1, 0.15) is 25.8 Å². The molecular weight excluding hydrogens is 215 g/mol. The second-order valence-corrected chi connectivity index (χ2v) is 3.55. The summed E-state index contributed by atoms with van der Waals surface area (Å²) < 4.78 is 37.5. The molecule has 0 unspecified atom stereocenters. The lowest BCUT2D eigenvalue weighted by atomic mass is 10.1. The van der Waals surface area contributed by atoms with Crippen molar-refractivity contribution >= 4 is 5.71 Å². The Labute approximate surface area is 93.0 Å². The normalized spacial score (nSPS) is 14.9. The largest absolute Gasteiger partial charge is 0.410 e.